The number of aromatic carboxylic acids is 1. The summed E-state index contributed by atoms with van der Waals surface area (Å²) in [4.78, 5) is 40.7. The van der Waals surface area contributed by atoms with Crippen LogP contribution in [-0.2, 0) is 6.54 Å². The van der Waals surface area contributed by atoms with Crippen LogP contribution >= 0.6 is 0 Å². The van der Waals surface area contributed by atoms with E-state index in [0.29, 0.717) is 13.1 Å². The molecule has 0 radical (unpaired) electrons. The number of phenolic OH excluding ortho intramolecular Hbond substituents is 4. The molecule has 14 nitrogen and oxygen atoms in total. The molecule has 1 aliphatic heterocycles. The summed E-state index contributed by atoms with van der Waals surface area (Å²) in [5.41, 5.74) is -3.37. The highest BCUT2D eigenvalue weighted by atomic mass is 19.1. The van der Waals surface area contributed by atoms with Gasteiger partial charge in [-0.1, -0.05) is 0 Å². The summed E-state index contributed by atoms with van der Waals surface area (Å²) >= 11 is 0. The second kappa shape index (κ2) is 12.8. The lowest BCUT2D eigenvalue weighted by molar-refractivity contribution is 0.0694. The summed E-state index contributed by atoms with van der Waals surface area (Å²) in [5.74, 6) is -7.51. The number of carboxylic acid groups (broad SMARTS) is 1. The molecule has 1 atom stereocenters. The Balaban J connectivity index is 1.19. The van der Waals surface area contributed by atoms with Crippen LogP contribution < -0.4 is 20.5 Å². The van der Waals surface area contributed by atoms with Crippen LogP contribution in [0.4, 0.5) is 14.5 Å². The molecule has 0 saturated carbocycles. The van der Waals surface area contributed by atoms with E-state index in [-0.39, 0.29) is 71.2 Å². The number of fused-ring (bicyclic) bond motifs is 2. The molecule has 3 heterocycles. The Hall–Kier alpha value is -6.03. The van der Waals surface area contributed by atoms with Gasteiger partial charge in [-0.2, -0.15) is 0 Å². The van der Waals surface area contributed by atoms with E-state index in [0.717, 1.165) is 24.4 Å². The molecule has 1 unspecified atom stereocenters. The molecule has 0 bridgehead atoms. The van der Waals surface area contributed by atoms with Gasteiger partial charge in [0.1, 0.15) is 46.1 Å². The molecule has 6 rings (SSSR count). The average molecular weight is 696 g/mol. The van der Waals surface area contributed by atoms with Crippen LogP contribution in [0.25, 0.3) is 33.2 Å². The highest BCUT2D eigenvalue weighted by Crippen LogP contribution is 2.42. The second-order valence-electron chi connectivity index (χ2n) is 11.8. The van der Waals surface area contributed by atoms with Crippen molar-refractivity contribution < 1.29 is 53.4 Å². The molecule has 0 spiro atoms. The van der Waals surface area contributed by atoms with Crippen molar-refractivity contribution in [2.45, 2.75) is 26.4 Å². The first-order chi connectivity index (χ1) is 23.7. The van der Waals surface area contributed by atoms with Gasteiger partial charge in [-0.3, -0.25) is 14.5 Å². The van der Waals surface area contributed by atoms with E-state index in [1.165, 1.54) is 21.6 Å². The van der Waals surface area contributed by atoms with Crippen LogP contribution in [0.15, 0.2) is 50.5 Å². The largest absolute Gasteiger partial charge is 0.507 e. The molecule has 3 aromatic carbocycles. The Kier molecular flexibility index (Phi) is 8.65. The molecule has 16 heteroatoms. The number of halogens is 2. The van der Waals surface area contributed by atoms with Gasteiger partial charge in [0.05, 0.1) is 10.9 Å². The number of ether oxygens (including phenoxy) is 1. The van der Waals surface area contributed by atoms with E-state index in [1.54, 1.807) is 6.92 Å². The Bertz CT molecular complexity index is 2300. The Morgan fingerprint density at radius 3 is 2.30 bits per heavy atom. The number of piperazine rings is 1. The predicted molar refractivity (Wildman–Crippen MR) is 176 cm³/mol. The standard InChI is InChI=1S/C34H31F2N3O11/c1-3-37-14-19(34(47)48)29(43)18-12-20(35)28(26(36)27(18)37)39-5-4-38(15(2)13-39)6-7-49-17-10-21(40)25-24(11-17)50-33(32(46)31(25)45)16-8-22(41)30(44)23(42)9-16/h8-12,14-15,40-42,44,46H,3-7,13H2,1-2H3,(H,47,48). The van der Waals surface area contributed by atoms with E-state index < -0.39 is 68.5 Å². The first kappa shape index (κ1) is 33.9. The smallest absolute Gasteiger partial charge is 0.341 e. The fourth-order valence-corrected chi connectivity index (χ4v) is 6.26. The van der Waals surface area contributed by atoms with E-state index in [4.69, 9.17) is 9.15 Å². The zero-order valence-corrected chi connectivity index (χ0v) is 26.6. The number of hydrogen-bond acceptors (Lipinski definition) is 12. The molecule has 50 heavy (non-hydrogen) atoms. The molecule has 6 N–H and O–H groups in total. The monoisotopic (exact) mass is 695 g/mol. The predicted octanol–water partition coefficient (Wildman–Crippen LogP) is 3.89. The van der Waals surface area contributed by atoms with Gasteiger partial charge in [0.2, 0.25) is 16.6 Å². The molecule has 262 valence electrons. The van der Waals surface area contributed by atoms with Crippen LogP contribution in [0, 0.1) is 11.6 Å². The fraction of sp³-hybridized carbons (Fsp3) is 0.265. The Morgan fingerprint density at radius 1 is 0.960 bits per heavy atom. The number of carboxylic acids is 1. The summed E-state index contributed by atoms with van der Waals surface area (Å²) in [6, 6.07) is 5.05. The van der Waals surface area contributed by atoms with Crippen molar-refractivity contribution in [1.82, 2.24) is 9.47 Å². The van der Waals surface area contributed by atoms with Gasteiger partial charge in [0.25, 0.3) is 0 Å². The summed E-state index contributed by atoms with van der Waals surface area (Å²) < 4.78 is 44.1. The number of anilines is 1. The summed E-state index contributed by atoms with van der Waals surface area (Å²) in [5, 5.41) is 59.1. The van der Waals surface area contributed by atoms with E-state index in [9.17, 15) is 45.0 Å². The zero-order chi connectivity index (χ0) is 36.2. The topological polar surface area (TPSA) is 206 Å². The maximum absolute atomic E-state index is 15.9. The Morgan fingerprint density at radius 2 is 1.66 bits per heavy atom. The highest BCUT2D eigenvalue weighted by molar-refractivity contribution is 5.94. The van der Waals surface area contributed by atoms with Crippen molar-refractivity contribution in [2.75, 3.05) is 37.7 Å². The number of carbonyl (C=O) groups is 1. The lowest BCUT2D eigenvalue weighted by Crippen LogP contribution is -2.53. The highest BCUT2D eigenvalue weighted by Gasteiger charge is 2.30. The van der Waals surface area contributed by atoms with Gasteiger partial charge in [-0.15, -0.1) is 0 Å². The van der Waals surface area contributed by atoms with Crippen molar-refractivity contribution in [1.29, 1.82) is 0 Å². The number of hydrogen-bond donors (Lipinski definition) is 6. The Labute approximate surface area is 280 Å². The zero-order valence-electron chi connectivity index (χ0n) is 26.6. The van der Waals surface area contributed by atoms with Gasteiger partial charge >= 0.3 is 5.97 Å². The number of aryl methyl sites for hydroxylation is 1. The third-order valence-electron chi connectivity index (χ3n) is 8.79. The molecule has 1 aliphatic rings. The van der Waals surface area contributed by atoms with Gasteiger partial charge in [0, 0.05) is 62.7 Å². The van der Waals surface area contributed by atoms with Crippen molar-refractivity contribution >= 4 is 33.5 Å². The average Bonchev–Trinajstić information content (AvgIpc) is 3.06. The molecule has 1 saturated heterocycles. The van der Waals surface area contributed by atoms with Crippen LogP contribution in [-0.4, -0.2) is 84.9 Å². The molecule has 2 aromatic heterocycles. The van der Waals surface area contributed by atoms with Gasteiger partial charge in [-0.25, -0.2) is 13.6 Å². The molecular formula is C34H31F2N3O11. The minimum atomic E-state index is -1.49. The maximum atomic E-state index is 15.9. The molecule has 0 aliphatic carbocycles. The van der Waals surface area contributed by atoms with Crippen molar-refractivity contribution in [2.24, 2.45) is 0 Å². The summed E-state index contributed by atoms with van der Waals surface area (Å²) in [6.45, 7) is 4.86. The number of aromatic nitrogens is 1. The van der Waals surface area contributed by atoms with E-state index in [1.807, 2.05) is 11.8 Å². The number of aromatic hydroxyl groups is 5. The number of pyridine rings is 1. The van der Waals surface area contributed by atoms with Gasteiger partial charge in [0.15, 0.2) is 28.8 Å². The quantitative estimate of drug-likeness (QED) is 0.128. The lowest BCUT2D eigenvalue weighted by Gasteiger charge is -2.41. The number of rotatable bonds is 8. The van der Waals surface area contributed by atoms with Crippen LogP contribution in [0.3, 0.4) is 0 Å². The number of phenols is 4. The summed E-state index contributed by atoms with van der Waals surface area (Å²) in [6.07, 6.45) is 1.05. The van der Waals surface area contributed by atoms with Crippen molar-refractivity contribution in [3.63, 3.8) is 0 Å². The van der Waals surface area contributed by atoms with Crippen molar-refractivity contribution in [3.05, 3.63) is 74.2 Å². The first-order valence-corrected chi connectivity index (χ1v) is 15.4. The van der Waals surface area contributed by atoms with Gasteiger partial charge < -0.3 is 49.3 Å². The van der Waals surface area contributed by atoms with Crippen molar-refractivity contribution in [3.8, 4) is 45.8 Å². The van der Waals surface area contributed by atoms with Crippen LogP contribution in [0.1, 0.15) is 24.2 Å². The second-order valence-corrected chi connectivity index (χ2v) is 11.8. The van der Waals surface area contributed by atoms with E-state index in [2.05, 4.69) is 0 Å². The molecule has 5 aromatic rings. The van der Waals surface area contributed by atoms with Gasteiger partial charge in [-0.05, 0) is 32.0 Å². The molecular weight excluding hydrogens is 664 g/mol. The van der Waals surface area contributed by atoms with Crippen LogP contribution in [0.2, 0.25) is 0 Å². The first-order valence-electron chi connectivity index (χ1n) is 15.4. The fourth-order valence-electron chi connectivity index (χ4n) is 6.26. The summed E-state index contributed by atoms with van der Waals surface area (Å²) in [7, 11) is 0. The minimum Gasteiger partial charge on any atom is -0.507 e. The van der Waals surface area contributed by atoms with Crippen LogP contribution in [0.5, 0.6) is 34.5 Å². The maximum Gasteiger partial charge on any atom is 0.341 e. The SMILES string of the molecule is CCn1cc(C(=O)O)c(=O)c2cc(F)c(N3CCN(CCOc4cc(O)c5c(=O)c(O)c(-c6cc(O)c(O)c(O)c6)oc5c4)C(C)C3)c(F)c21. The molecule has 0 amide bonds. The molecule has 1 fully saturated rings. The lowest BCUT2D eigenvalue weighted by atomic mass is 10.1. The number of benzene rings is 3. The normalized spacial score (nSPS) is 15.2. The minimum absolute atomic E-state index is 0.0809. The van der Waals surface area contributed by atoms with E-state index >= 15 is 8.78 Å². The number of nitrogens with zero attached hydrogens (tertiary/aromatic N) is 3. The third-order valence-corrected chi connectivity index (χ3v) is 8.79. The third kappa shape index (κ3) is 5.72.